The number of nitrogens with one attached hydrogen (secondary N) is 1. The zero-order valence-corrected chi connectivity index (χ0v) is 24.3. The second-order valence-corrected chi connectivity index (χ2v) is 12.9. The van der Waals surface area contributed by atoms with Crippen LogP contribution in [-0.2, 0) is 20.7 Å². The number of carbonyl (C=O) groups is 3. The molecule has 4 atom stereocenters. The van der Waals surface area contributed by atoms with Gasteiger partial charge >= 0.3 is 18.0 Å². The second kappa shape index (κ2) is 13.3. The molecular weight excluding hydrogens is 493 g/mol. The molecular formula is C29H46FNO7. The van der Waals surface area contributed by atoms with Crippen LogP contribution in [0, 0.1) is 28.6 Å². The molecule has 0 bridgehead atoms. The van der Waals surface area contributed by atoms with Crippen LogP contribution < -0.4 is 10.1 Å². The van der Waals surface area contributed by atoms with Crippen molar-refractivity contribution in [3.8, 4) is 5.75 Å². The predicted octanol–water partition coefficient (Wildman–Crippen LogP) is 5.97. The first-order chi connectivity index (χ1) is 17.3. The average molecular weight is 540 g/mol. The molecule has 8 nitrogen and oxygen atoms in total. The van der Waals surface area contributed by atoms with Gasteiger partial charge in [-0.05, 0) is 74.0 Å². The number of halogens is 1. The van der Waals surface area contributed by atoms with E-state index in [0.717, 1.165) is 5.56 Å². The standard InChI is InChI=1S/C29H46FNO7/c1-27(2,3)21(20(24(32)33)15-12-18-10-13-19(14-11-18)37-17-16-30)22(28(4,5)6)23(25(34)35)31-26(36)38-29(7,8)9/h10-11,13-14,20-23H,12,15-17H2,1-9H3,(H,31,36)(H,32,33)(H,34,35)/t20?,21?,22?,23-/m0/s1. The zero-order chi connectivity index (χ0) is 29.5. The SMILES string of the molecule is CC(C)(C)OC(=O)N[C@H](C(=O)O)C(C(C(CCc1ccc(OCCF)cc1)C(=O)O)C(C)(C)C)C(C)(C)C. The van der Waals surface area contributed by atoms with Gasteiger partial charge in [0.1, 0.15) is 30.7 Å². The molecule has 216 valence electrons. The summed E-state index contributed by atoms with van der Waals surface area (Å²) in [5, 5.41) is 23.1. The molecule has 3 unspecified atom stereocenters. The van der Waals surface area contributed by atoms with Gasteiger partial charge in [0.15, 0.2) is 0 Å². The average Bonchev–Trinajstić information content (AvgIpc) is 2.73. The summed E-state index contributed by atoms with van der Waals surface area (Å²) in [6, 6.07) is 5.67. The van der Waals surface area contributed by atoms with Crippen LogP contribution in [0.15, 0.2) is 24.3 Å². The Morgan fingerprint density at radius 2 is 1.39 bits per heavy atom. The number of carboxylic acid groups (broad SMARTS) is 2. The maximum Gasteiger partial charge on any atom is 0.408 e. The number of aliphatic carboxylic acids is 2. The van der Waals surface area contributed by atoms with E-state index in [4.69, 9.17) is 9.47 Å². The van der Waals surface area contributed by atoms with Crippen molar-refractivity contribution in [1.29, 1.82) is 0 Å². The number of hydrogen-bond donors (Lipinski definition) is 3. The molecule has 0 aliphatic heterocycles. The van der Waals surface area contributed by atoms with E-state index in [1.54, 1.807) is 32.9 Å². The lowest BCUT2D eigenvalue weighted by molar-refractivity contribution is -0.154. The highest BCUT2D eigenvalue weighted by atomic mass is 19.1. The Morgan fingerprint density at radius 3 is 1.79 bits per heavy atom. The minimum absolute atomic E-state index is 0.0377. The topological polar surface area (TPSA) is 122 Å². The van der Waals surface area contributed by atoms with Crippen LogP contribution in [0.3, 0.4) is 0 Å². The van der Waals surface area contributed by atoms with Gasteiger partial charge in [-0.25, -0.2) is 14.0 Å². The molecule has 0 aliphatic carbocycles. The third-order valence-corrected chi connectivity index (χ3v) is 6.45. The van der Waals surface area contributed by atoms with Crippen molar-refractivity contribution in [3.63, 3.8) is 0 Å². The highest BCUT2D eigenvalue weighted by Gasteiger charge is 2.51. The summed E-state index contributed by atoms with van der Waals surface area (Å²) in [6.07, 6.45) is -0.178. The summed E-state index contributed by atoms with van der Waals surface area (Å²) in [5.41, 5.74) is -1.25. The summed E-state index contributed by atoms with van der Waals surface area (Å²) in [4.78, 5) is 37.9. The third kappa shape index (κ3) is 10.5. The summed E-state index contributed by atoms with van der Waals surface area (Å²) in [7, 11) is 0. The highest BCUT2D eigenvalue weighted by Crippen LogP contribution is 2.48. The fraction of sp³-hybridized carbons (Fsp3) is 0.690. The van der Waals surface area contributed by atoms with Crippen molar-refractivity contribution >= 4 is 18.0 Å². The molecule has 0 heterocycles. The van der Waals surface area contributed by atoms with Crippen LogP contribution >= 0.6 is 0 Å². The quantitative estimate of drug-likeness (QED) is 0.299. The van der Waals surface area contributed by atoms with Crippen LogP contribution in [0.25, 0.3) is 0 Å². The first-order valence-electron chi connectivity index (χ1n) is 13.0. The molecule has 0 radical (unpaired) electrons. The van der Waals surface area contributed by atoms with Crippen LogP contribution in [0.4, 0.5) is 9.18 Å². The predicted molar refractivity (Wildman–Crippen MR) is 144 cm³/mol. The number of amides is 1. The molecule has 3 N–H and O–H groups in total. The minimum atomic E-state index is -1.37. The van der Waals surface area contributed by atoms with Gasteiger partial charge in [0.2, 0.25) is 0 Å². The second-order valence-electron chi connectivity index (χ2n) is 12.9. The van der Waals surface area contributed by atoms with Gasteiger partial charge in [-0.2, -0.15) is 0 Å². The Kier molecular flexibility index (Phi) is 11.6. The molecule has 0 fully saturated rings. The molecule has 9 heteroatoms. The lowest BCUT2D eigenvalue weighted by atomic mass is 9.57. The Morgan fingerprint density at radius 1 is 0.868 bits per heavy atom. The number of benzene rings is 1. The Labute approximate surface area is 226 Å². The number of ether oxygens (including phenoxy) is 2. The van der Waals surface area contributed by atoms with E-state index in [9.17, 15) is 29.0 Å². The van der Waals surface area contributed by atoms with Gasteiger partial charge < -0.3 is 25.0 Å². The minimum Gasteiger partial charge on any atom is -0.491 e. The summed E-state index contributed by atoms with van der Waals surface area (Å²) < 4.78 is 23.0. The number of hydrogen-bond acceptors (Lipinski definition) is 5. The molecule has 0 saturated carbocycles. The number of rotatable bonds is 12. The molecule has 38 heavy (non-hydrogen) atoms. The zero-order valence-electron chi connectivity index (χ0n) is 24.3. The van der Waals surface area contributed by atoms with Crippen molar-refractivity contribution in [2.75, 3.05) is 13.3 Å². The van der Waals surface area contributed by atoms with E-state index >= 15 is 0 Å². The lowest BCUT2D eigenvalue weighted by Gasteiger charge is -2.48. The van der Waals surface area contributed by atoms with Gasteiger partial charge in [0.25, 0.3) is 0 Å². The molecule has 0 spiro atoms. The van der Waals surface area contributed by atoms with Crippen LogP contribution in [0.1, 0.15) is 74.3 Å². The number of alkyl carbamates (subject to hydrolysis) is 1. The molecule has 0 aliphatic rings. The lowest BCUT2D eigenvalue weighted by Crippen LogP contribution is -2.57. The third-order valence-electron chi connectivity index (χ3n) is 6.45. The normalized spacial score (nSPS) is 15.6. The number of carboxylic acids is 2. The molecule has 1 rings (SSSR count). The summed E-state index contributed by atoms with van der Waals surface area (Å²) in [5.74, 6) is -4.02. The monoisotopic (exact) mass is 539 g/mol. The van der Waals surface area contributed by atoms with Crippen molar-refractivity contribution < 1.29 is 38.5 Å². The van der Waals surface area contributed by atoms with E-state index in [1.165, 1.54) is 0 Å². The van der Waals surface area contributed by atoms with Crippen molar-refractivity contribution in [3.05, 3.63) is 29.8 Å². The Hall–Kier alpha value is -2.84. The van der Waals surface area contributed by atoms with E-state index in [2.05, 4.69) is 5.32 Å². The van der Waals surface area contributed by atoms with Crippen molar-refractivity contribution in [2.24, 2.45) is 28.6 Å². The molecule has 0 saturated heterocycles. The number of aryl methyl sites for hydroxylation is 1. The first-order valence-corrected chi connectivity index (χ1v) is 13.0. The smallest absolute Gasteiger partial charge is 0.408 e. The van der Waals surface area contributed by atoms with Gasteiger partial charge in [0, 0.05) is 0 Å². The first kappa shape index (κ1) is 33.2. The summed E-state index contributed by atoms with van der Waals surface area (Å²) in [6.45, 7) is 15.7. The fourth-order valence-corrected chi connectivity index (χ4v) is 5.07. The van der Waals surface area contributed by atoms with Gasteiger partial charge in [-0.1, -0.05) is 53.7 Å². The van der Waals surface area contributed by atoms with Crippen LogP contribution in [0.2, 0.25) is 0 Å². The maximum atomic E-state index is 12.7. The van der Waals surface area contributed by atoms with Gasteiger partial charge in [0.05, 0.1) is 5.92 Å². The Bertz CT molecular complexity index is 926. The van der Waals surface area contributed by atoms with Gasteiger partial charge in [-0.15, -0.1) is 0 Å². The van der Waals surface area contributed by atoms with E-state index in [-0.39, 0.29) is 13.0 Å². The Balaban J connectivity index is 3.42. The van der Waals surface area contributed by atoms with E-state index < -0.39 is 64.9 Å². The highest BCUT2D eigenvalue weighted by molar-refractivity contribution is 5.81. The molecule has 1 aromatic rings. The van der Waals surface area contributed by atoms with Crippen molar-refractivity contribution in [1.82, 2.24) is 5.32 Å². The summed E-state index contributed by atoms with van der Waals surface area (Å²) >= 11 is 0. The molecule has 1 aromatic carbocycles. The number of alkyl halides is 1. The van der Waals surface area contributed by atoms with Crippen LogP contribution in [0.5, 0.6) is 5.75 Å². The molecule has 1 amide bonds. The molecule has 0 aromatic heterocycles. The maximum absolute atomic E-state index is 12.7. The fourth-order valence-electron chi connectivity index (χ4n) is 5.07. The largest absolute Gasteiger partial charge is 0.491 e. The van der Waals surface area contributed by atoms with E-state index in [0.29, 0.717) is 12.2 Å². The van der Waals surface area contributed by atoms with Crippen molar-refractivity contribution in [2.45, 2.75) is 86.8 Å². The van der Waals surface area contributed by atoms with Gasteiger partial charge in [-0.3, -0.25) is 4.79 Å². The van der Waals surface area contributed by atoms with Crippen LogP contribution in [-0.4, -0.2) is 53.2 Å². The number of carbonyl (C=O) groups excluding carboxylic acids is 1. The van der Waals surface area contributed by atoms with E-state index in [1.807, 2.05) is 53.7 Å².